The molecule has 4 nitrogen and oxygen atoms in total. The molecule has 86 valence electrons. The molecule has 0 radical (unpaired) electrons. The summed E-state index contributed by atoms with van der Waals surface area (Å²) in [5.41, 5.74) is 9.40. The van der Waals surface area contributed by atoms with Gasteiger partial charge in [0.05, 0.1) is 30.1 Å². The highest BCUT2D eigenvalue weighted by atomic mass is 32.1. The van der Waals surface area contributed by atoms with E-state index in [1.807, 2.05) is 17.8 Å². The number of nitrogen functional groups attached to an aromatic ring is 1. The lowest BCUT2D eigenvalue weighted by Gasteiger charge is -2.01. The van der Waals surface area contributed by atoms with Crippen LogP contribution in [-0.4, -0.2) is 16.6 Å². The van der Waals surface area contributed by atoms with E-state index in [4.69, 9.17) is 10.5 Å². The van der Waals surface area contributed by atoms with E-state index < -0.39 is 0 Å². The molecule has 0 amide bonds. The predicted molar refractivity (Wildman–Crippen MR) is 66.7 cm³/mol. The van der Waals surface area contributed by atoms with Gasteiger partial charge in [-0.05, 0) is 6.92 Å². The topological polar surface area (TPSA) is 61.0 Å². The molecule has 0 spiro atoms. The highest BCUT2D eigenvalue weighted by Gasteiger charge is 2.02. The van der Waals surface area contributed by atoms with Gasteiger partial charge < -0.3 is 10.5 Å². The molecule has 2 aromatic rings. The third-order valence-corrected chi connectivity index (χ3v) is 3.86. The third kappa shape index (κ3) is 3.01. The fourth-order valence-electron chi connectivity index (χ4n) is 1.30. The number of thiazole rings is 2. The van der Waals surface area contributed by atoms with Crippen LogP contribution in [0.1, 0.15) is 16.3 Å². The van der Waals surface area contributed by atoms with E-state index in [1.54, 1.807) is 11.3 Å². The summed E-state index contributed by atoms with van der Waals surface area (Å²) in [6.45, 7) is 3.25. The average Bonchev–Trinajstić information content (AvgIpc) is 2.83. The Morgan fingerprint density at radius 3 is 2.94 bits per heavy atom. The molecule has 0 saturated heterocycles. The van der Waals surface area contributed by atoms with Gasteiger partial charge in [-0.15, -0.1) is 22.7 Å². The van der Waals surface area contributed by atoms with Crippen molar-refractivity contribution in [2.45, 2.75) is 20.0 Å². The molecule has 16 heavy (non-hydrogen) atoms. The van der Waals surface area contributed by atoms with Gasteiger partial charge in [-0.25, -0.2) is 9.97 Å². The number of anilines is 1. The zero-order valence-electron chi connectivity index (χ0n) is 8.97. The largest absolute Gasteiger partial charge is 0.375 e. The van der Waals surface area contributed by atoms with Gasteiger partial charge in [-0.1, -0.05) is 0 Å². The van der Waals surface area contributed by atoms with Crippen molar-refractivity contribution in [2.75, 3.05) is 12.3 Å². The summed E-state index contributed by atoms with van der Waals surface area (Å²) in [7, 11) is 0. The van der Waals surface area contributed by atoms with Crippen molar-refractivity contribution in [2.24, 2.45) is 0 Å². The number of hydrogen-bond donors (Lipinski definition) is 1. The van der Waals surface area contributed by atoms with E-state index in [1.165, 1.54) is 16.2 Å². The Hall–Kier alpha value is -0.980. The Kier molecular flexibility index (Phi) is 3.87. The Labute approximate surface area is 102 Å². The molecule has 0 unspecified atom stereocenters. The maximum atomic E-state index is 5.53. The van der Waals surface area contributed by atoms with Gasteiger partial charge in [0.1, 0.15) is 0 Å². The maximum Gasteiger partial charge on any atom is 0.180 e. The van der Waals surface area contributed by atoms with E-state index >= 15 is 0 Å². The quantitative estimate of drug-likeness (QED) is 0.832. The molecule has 0 aromatic carbocycles. The third-order valence-electron chi connectivity index (χ3n) is 2.14. The van der Waals surface area contributed by atoms with Crippen molar-refractivity contribution < 1.29 is 4.74 Å². The minimum atomic E-state index is 0.533. The van der Waals surface area contributed by atoms with Crippen LogP contribution >= 0.6 is 22.7 Å². The molecule has 0 aliphatic carbocycles. The summed E-state index contributed by atoms with van der Waals surface area (Å²) < 4.78 is 5.53. The van der Waals surface area contributed by atoms with E-state index in [9.17, 15) is 0 Å². The molecule has 0 aliphatic rings. The van der Waals surface area contributed by atoms with Crippen molar-refractivity contribution >= 4 is 27.8 Å². The first-order valence-corrected chi connectivity index (χ1v) is 6.68. The smallest absolute Gasteiger partial charge is 0.180 e. The van der Waals surface area contributed by atoms with Crippen LogP contribution in [0.15, 0.2) is 10.9 Å². The number of hydrogen-bond acceptors (Lipinski definition) is 6. The van der Waals surface area contributed by atoms with Gasteiger partial charge in [-0.3, -0.25) is 0 Å². The summed E-state index contributed by atoms with van der Waals surface area (Å²) >= 11 is 3.12. The van der Waals surface area contributed by atoms with Crippen LogP contribution < -0.4 is 5.73 Å². The average molecular weight is 255 g/mol. The lowest BCUT2D eigenvalue weighted by molar-refractivity contribution is 0.122. The van der Waals surface area contributed by atoms with Gasteiger partial charge in [0.2, 0.25) is 0 Å². The van der Waals surface area contributed by atoms with Crippen LogP contribution in [0, 0.1) is 6.92 Å². The second kappa shape index (κ2) is 5.38. The van der Waals surface area contributed by atoms with Crippen LogP contribution in [-0.2, 0) is 17.8 Å². The van der Waals surface area contributed by atoms with Crippen molar-refractivity contribution in [3.63, 3.8) is 0 Å². The fourth-order valence-corrected chi connectivity index (χ4v) is 2.61. The minimum Gasteiger partial charge on any atom is -0.375 e. The Balaban J connectivity index is 1.71. The van der Waals surface area contributed by atoms with Gasteiger partial charge in [0, 0.05) is 16.7 Å². The lowest BCUT2D eigenvalue weighted by atomic mass is 10.3. The minimum absolute atomic E-state index is 0.533. The summed E-state index contributed by atoms with van der Waals surface area (Å²) in [5, 5.41) is 2.52. The number of nitrogens with zero attached hydrogens (tertiary/aromatic N) is 2. The first kappa shape index (κ1) is 11.5. The zero-order valence-corrected chi connectivity index (χ0v) is 10.6. The van der Waals surface area contributed by atoms with E-state index in [0.29, 0.717) is 18.3 Å². The van der Waals surface area contributed by atoms with Gasteiger partial charge in [0.15, 0.2) is 5.13 Å². The number of aryl methyl sites for hydroxylation is 1. The zero-order chi connectivity index (χ0) is 11.4. The van der Waals surface area contributed by atoms with Crippen molar-refractivity contribution in [1.29, 1.82) is 0 Å². The summed E-state index contributed by atoms with van der Waals surface area (Å²) in [5.74, 6) is 0. The molecule has 0 fully saturated rings. The summed E-state index contributed by atoms with van der Waals surface area (Å²) in [6, 6.07) is 0. The molecule has 6 heteroatoms. The number of nitrogens with two attached hydrogens (primary N) is 1. The van der Waals surface area contributed by atoms with Crippen LogP contribution in [0.4, 0.5) is 5.13 Å². The Bertz CT molecular complexity index is 452. The van der Waals surface area contributed by atoms with E-state index in [2.05, 4.69) is 9.97 Å². The predicted octanol–water partition coefficient (Wildman–Crippen LogP) is 2.25. The molecule has 2 rings (SSSR count). The first-order chi connectivity index (χ1) is 7.75. The van der Waals surface area contributed by atoms with E-state index in [0.717, 1.165) is 17.8 Å². The van der Waals surface area contributed by atoms with Crippen LogP contribution in [0.2, 0.25) is 0 Å². The second-order valence-electron chi connectivity index (χ2n) is 3.34. The number of rotatable bonds is 5. The van der Waals surface area contributed by atoms with Crippen molar-refractivity contribution in [3.05, 3.63) is 27.2 Å². The molecule has 0 atom stereocenters. The van der Waals surface area contributed by atoms with Crippen LogP contribution in [0.5, 0.6) is 0 Å². The lowest BCUT2D eigenvalue weighted by Crippen LogP contribution is -1.99. The molecular formula is C10H13N3OS2. The monoisotopic (exact) mass is 255 g/mol. The van der Waals surface area contributed by atoms with Crippen molar-refractivity contribution in [3.8, 4) is 0 Å². The molecule has 2 heterocycles. The summed E-state index contributed by atoms with van der Waals surface area (Å²) in [6.07, 6.45) is 0.913. The molecule has 2 N–H and O–H groups in total. The summed E-state index contributed by atoms with van der Waals surface area (Å²) in [4.78, 5) is 9.61. The number of ether oxygens (including phenoxy) is 1. The number of aromatic nitrogens is 2. The van der Waals surface area contributed by atoms with Crippen molar-refractivity contribution in [1.82, 2.24) is 9.97 Å². The molecule has 0 aliphatic heterocycles. The fraction of sp³-hybridized carbons (Fsp3) is 0.400. The second-order valence-corrected chi connectivity index (χ2v) is 5.17. The highest BCUT2D eigenvalue weighted by molar-refractivity contribution is 7.13. The van der Waals surface area contributed by atoms with Gasteiger partial charge in [-0.2, -0.15) is 0 Å². The molecule has 2 aromatic heterocycles. The molecule has 0 saturated carbocycles. The van der Waals surface area contributed by atoms with E-state index in [-0.39, 0.29) is 0 Å². The standard InChI is InChI=1S/C10H13N3OS2/c1-7-9(16-6-12-7)2-3-14-4-8-5-15-10(11)13-8/h5-6H,2-4H2,1H3,(H2,11,13). The van der Waals surface area contributed by atoms with Crippen LogP contribution in [0.3, 0.4) is 0 Å². The SMILES string of the molecule is Cc1ncsc1CCOCc1csc(N)n1. The Morgan fingerprint density at radius 1 is 1.44 bits per heavy atom. The molecular weight excluding hydrogens is 242 g/mol. The Morgan fingerprint density at radius 2 is 2.31 bits per heavy atom. The maximum absolute atomic E-state index is 5.53. The van der Waals surface area contributed by atoms with Crippen LogP contribution in [0.25, 0.3) is 0 Å². The van der Waals surface area contributed by atoms with Gasteiger partial charge >= 0.3 is 0 Å². The molecule has 0 bridgehead atoms. The van der Waals surface area contributed by atoms with Gasteiger partial charge in [0.25, 0.3) is 0 Å². The highest BCUT2D eigenvalue weighted by Crippen LogP contribution is 2.14. The normalized spacial score (nSPS) is 10.8. The first-order valence-electron chi connectivity index (χ1n) is 4.92.